The lowest BCUT2D eigenvalue weighted by Gasteiger charge is -2.26. The molecule has 10 heteroatoms. The van der Waals surface area contributed by atoms with Gasteiger partial charge in [-0.2, -0.15) is 0 Å². The van der Waals surface area contributed by atoms with Crippen molar-refractivity contribution in [3.05, 3.63) is 0 Å². The Kier molecular flexibility index (Phi) is 11.0. The van der Waals surface area contributed by atoms with Gasteiger partial charge < -0.3 is 19.4 Å². The molecule has 202 valence electrons. The van der Waals surface area contributed by atoms with Gasteiger partial charge in [-0.05, 0) is 50.9 Å². The highest BCUT2D eigenvalue weighted by Gasteiger charge is 2.40. The second-order valence-corrected chi connectivity index (χ2v) is 11.8. The van der Waals surface area contributed by atoms with Crippen molar-refractivity contribution in [2.45, 2.75) is 116 Å². The topological polar surface area (TPSA) is 106 Å². The van der Waals surface area contributed by atoms with Crippen molar-refractivity contribution >= 4 is 19.6 Å². The molecule has 3 rings (SSSR count). The predicted octanol–water partition coefficient (Wildman–Crippen LogP) is 4.28. The van der Waals surface area contributed by atoms with Crippen LogP contribution >= 0.6 is 7.82 Å². The smallest absolute Gasteiger partial charge is 0.376 e. The Hall–Kier alpha value is -0.990. The Morgan fingerprint density at radius 2 is 1.69 bits per heavy atom. The maximum atomic E-state index is 12.6. The molecule has 2 saturated heterocycles. The third kappa shape index (κ3) is 8.53. The summed E-state index contributed by atoms with van der Waals surface area (Å²) in [7, 11) is -4.28. The van der Waals surface area contributed by atoms with E-state index in [0.717, 1.165) is 51.0 Å². The van der Waals surface area contributed by atoms with Crippen molar-refractivity contribution in [2.24, 2.45) is 5.92 Å². The number of hydrogen-bond acceptors (Lipinski definition) is 6. The number of phosphoric acid groups is 1. The van der Waals surface area contributed by atoms with Crippen molar-refractivity contribution in [3.63, 3.8) is 0 Å². The highest BCUT2D eigenvalue weighted by molar-refractivity contribution is 7.47. The van der Waals surface area contributed by atoms with Gasteiger partial charge in [-0.3, -0.25) is 18.6 Å². The molecule has 3 fully saturated rings. The van der Waals surface area contributed by atoms with Crippen LogP contribution < -0.4 is 0 Å². The number of hydrogen-bond donors (Lipinski definition) is 1. The Morgan fingerprint density at radius 1 is 0.943 bits per heavy atom. The third-order valence-electron chi connectivity index (χ3n) is 7.72. The maximum absolute atomic E-state index is 12.6. The van der Waals surface area contributed by atoms with Crippen molar-refractivity contribution in [1.29, 1.82) is 0 Å². The molecular formula is C25H45N2O7P. The molecular weight excluding hydrogens is 471 g/mol. The molecule has 0 aromatic heterocycles. The molecule has 3 unspecified atom stereocenters. The molecule has 1 saturated carbocycles. The van der Waals surface area contributed by atoms with Gasteiger partial charge >= 0.3 is 7.82 Å². The van der Waals surface area contributed by atoms with Gasteiger partial charge in [0.2, 0.25) is 11.8 Å². The van der Waals surface area contributed by atoms with Crippen LogP contribution in [0.5, 0.6) is 0 Å². The minimum absolute atomic E-state index is 0.00482. The predicted molar refractivity (Wildman–Crippen MR) is 133 cm³/mol. The summed E-state index contributed by atoms with van der Waals surface area (Å²) in [6.07, 6.45) is 8.87. The van der Waals surface area contributed by atoms with Crippen LogP contribution in [-0.2, 0) is 27.9 Å². The molecule has 2 aliphatic heterocycles. The Balaban J connectivity index is 1.47. The quantitative estimate of drug-likeness (QED) is 0.323. The zero-order valence-corrected chi connectivity index (χ0v) is 22.6. The van der Waals surface area contributed by atoms with Gasteiger partial charge in [-0.25, -0.2) is 4.57 Å². The van der Waals surface area contributed by atoms with Crippen LogP contribution in [-0.4, -0.2) is 77.1 Å². The van der Waals surface area contributed by atoms with E-state index < -0.39 is 13.9 Å². The van der Waals surface area contributed by atoms with Crippen LogP contribution in [0.2, 0.25) is 0 Å². The molecule has 2 amide bonds. The summed E-state index contributed by atoms with van der Waals surface area (Å²) in [4.78, 5) is 38.5. The Bertz CT molecular complexity index is 751. The second kappa shape index (κ2) is 13.5. The summed E-state index contributed by atoms with van der Waals surface area (Å²) in [6, 6.07) is -0.125. The molecule has 2 heterocycles. The number of carbonyl (C=O) groups is 2. The van der Waals surface area contributed by atoms with E-state index in [1.165, 1.54) is 6.42 Å². The highest BCUT2D eigenvalue weighted by atomic mass is 31.2. The van der Waals surface area contributed by atoms with Crippen molar-refractivity contribution in [3.8, 4) is 0 Å². The summed E-state index contributed by atoms with van der Waals surface area (Å²) >= 11 is 0. The van der Waals surface area contributed by atoms with Gasteiger partial charge in [0.25, 0.3) is 0 Å². The standard InChI is InChI=1S/C25H45N2O7P/c1-4-24(28)26-14-7-9-20(26)13-15-33-35(30,31)34-23-16-21(27(17-23)25(29)5-2)18-32-22-10-6-8-19(3)11-12-22/h19-23H,4-18H2,1-3H3,(H,30,31)/t19?,20-,21-,22?,23+/m0/s1. The van der Waals surface area contributed by atoms with Gasteiger partial charge in [-0.1, -0.05) is 33.6 Å². The number of rotatable bonds is 11. The van der Waals surface area contributed by atoms with E-state index in [9.17, 15) is 19.0 Å². The summed E-state index contributed by atoms with van der Waals surface area (Å²) in [5.41, 5.74) is 0. The highest BCUT2D eigenvalue weighted by Crippen LogP contribution is 2.47. The molecule has 3 aliphatic rings. The molecule has 6 atom stereocenters. The van der Waals surface area contributed by atoms with Gasteiger partial charge in [0.05, 0.1) is 31.5 Å². The monoisotopic (exact) mass is 516 g/mol. The average molecular weight is 517 g/mol. The number of amides is 2. The fraction of sp³-hybridized carbons (Fsp3) is 0.920. The van der Waals surface area contributed by atoms with Gasteiger partial charge in [0, 0.05) is 32.0 Å². The van der Waals surface area contributed by atoms with E-state index in [1.54, 1.807) is 4.90 Å². The van der Waals surface area contributed by atoms with E-state index in [0.29, 0.717) is 32.3 Å². The number of carbonyl (C=O) groups excluding carboxylic acids is 2. The summed E-state index contributed by atoms with van der Waals surface area (Å²) in [5, 5.41) is 0. The molecule has 0 aromatic carbocycles. The largest absolute Gasteiger partial charge is 0.472 e. The van der Waals surface area contributed by atoms with Gasteiger partial charge in [0.15, 0.2) is 0 Å². The molecule has 1 aliphatic carbocycles. The van der Waals surface area contributed by atoms with E-state index in [-0.39, 0.29) is 43.2 Å². The number of likely N-dealkylation sites (tertiary alicyclic amines) is 2. The first-order valence-electron chi connectivity index (χ1n) is 13.6. The Labute approximate surface area is 210 Å². The van der Waals surface area contributed by atoms with Crippen LogP contribution in [0.25, 0.3) is 0 Å². The van der Waals surface area contributed by atoms with E-state index in [1.807, 2.05) is 18.7 Å². The van der Waals surface area contributed by atoms with Crippen LogP contribution in [0.4, 0.5) is 0 Å². The van der Waals surface area contributed by atoms with E-state index in [2.05, 4.69) is 6.92 Å². The maximum Gasteiger partial charge on any atom is 0.472 e. The molecule has 0 bridgehead atoms. The summed E-state index contributed by atoms with van der Waals surface area (Å²) in [5.74, 6) is 0.831. The summed E-state index contributed by atoms with van der Waals surface area (Å²) < 4.78 is 29.6. The van der Waals surface area contributed by atoms with Crippen LogP contribution in [0.1, 0.15) is 91.4 Å². The fourth-order valence-electron chi connectivity index (χ4n) is 5.67. The van der Waals surface area contributed by atoms with Crippen molar-refractivity contribution < 1.29 is 32.8 Å². The first kappa shape index (κ1) is 28.6. The normalized spacial score (nSPS) is 31.4. The molecule has 35 heavy (non-hydrogen) atoms. The number of phosphoric ester groups is 1. The molecule has 0 radical (unpaired) electrons. The number of ether oxygens (including phenoxy) is 1. The molecule has 9 nitrogen and oxygen atoms in total. The van der Waals surface area contributed by atoms with Crippen LogP contribution in [0.3, 0.4) is 0 Å². The van der Waals surface area contributed by atoms with Crippen molar-refractivity contribution in [1.82, 2.24) is 9.80 Å². The van der Waals surface area contributed by atoms with E-state index in [4.69, 9.17) is 13.8 Å². The SMILES string of the molecule is CCC(=O)N1CCC[C@H]1CCOP(=O)(O)O[C@@H]1C[C@@H](COC2CCCC(C)CC2)N(C(=O)CC)C1. The van der Waals surface area contributed by atoms with Crippen LogP contribution in [0, 0.1) is 5.92 Å². The first-order valence-corrected chi connectivity index (χ1v) is 15.1. The molecule has 1 N–H and O–H groups in total. The number of nitrogens with zero attached hydrogens (tertiary/aromatic N) is 2. The lowest BCUT2D eigenvalue weighted by atomic mass is 10.0. The zero-order valence-electron chi connectivity index (χ0n) is 21.7. The second-order valence-electron chi connectivity index (χ2n) is 10.4. The van der Waals surface area contributed by atoms with Crippen molar-refractivity contribution in [2.75, 3.05) is 26.3 Å². The average Bonchev–Trinajstić information content (AvgIpc) is 3.39. The van der Waals surface area contributed by atoms with Gasteiger partial charge in [0.1, 0.15) is 0 Å². The lowest BCUT2D eigenvalue weighted by molar-refractivity contribution is -0.133. The first-order chi connectivity index (χ1) is 16.7. The van der Waals surface area contributed by atoms with Crippen LogP contribution in [0.15, 0.2) is 0 Å². The minimum atomic E-state index is -4.28. The zero-order chi connectivity index (χ0) is 25.4. The molecule has 0 spiro atoms. The van der Waals surface area contributed by atoms with E-state index >= 15 is 0 Å². The third-order valence-corrected chi connectivity index (χ3v) is 8.79. The summed E-state index contributed by atoms with van der Waals surface area (Å²) in [6.45, 7) is 7.40. The molecule has 0 aromatic rings. The van der Waals surface area contributed by atoms with Gasteiger partial charge in [-0.15, -0.1) is 0 Å². The fourth-order valence-corrected chi connectivity index (χ4v) is 6.60. The lowest BCUT2D eigenvalue weighted by Crippen LogP contribution is -2.39. The Morgan fingerprint density at radius 3 is 2.43 bits per heavy atom. The minimum Gasteiger partial charge on any atom is -0.376 e.